The summed E-state index contributed by atoms with van der Waals surface area (Å²) < 4.78 is 5.10. The molecule has 1 aliphatic heterocycles. The average molecular weight is 302 g/mol. The lowest BCUT2D eigenvalue weighted by Gasteiger charge is -2.48. The fourth-order valence-electron chi connectivity index (χ4n) is 3.13. The molecule has 1 saturated heterocycles. The minimum Gasteiger partial charge on any atom is -0.497 e. The van der Waals surface area contributed by atoms with E-state index in [0.717, 1.165) is 11.4 Å². The number of piperidine rings is 1. The molecule has 0 saturated carbocycles. The summed E-state index contributed by atoms with van der Waals surface area (Å²) in [5.74, 6) is 0.794. The molecule has 5 heteroatoms. The van der Waals surface area contributed by atoms with Crippen LogP contribution in [0.2, 0.25) is 0 Å². The Labute approximate surface area is 132 Å². The van der Waals surface area contributed by atoms with Gasteiger partial charge in [-0.3, -0.25) is 0 Å². The van der Waals surface area contributed by atoms with Crippen molar-refractivity contribution < 1.29 is 9.94 Å². The van der Waals surface area contributed by atoms with Crippen molar-refractivity contribution in [1.29, 1.82) is 0 Å². The predicted molar refractivity (Wildman–Crippen MR) is 86.2 cm³/mol. The van der Waals surface area contributed by atoms with E-state index in [1.807, 2.05) is 52.0 Å². The van der Waals surface area contributed by atoms with Crippen LogP contribution in [0.4, 0.5) is 5.69 Å². The van der Waals surface area contributed by atoms with Gasteiger partial charge in [0.25, 0.3) is 0 Å². The van der Waals surface area contributed by atoms with Crippen LogP contribution in [0.1, 0.15) is 40.5 Å². The second-order valence-corrected chi connectivity index (χ2v) is 7.02. The van der Waals surface area contributed by atoms with Crippen LogP contribution >= 0.6 is 0 Å². The number of hydroxylamine groups is 2. The van der Waals surface area contributed by atoms with Crippen LogP contribution in [-0.4, -0.2) is 35.3 Å². The normalized spacial score (nSPS) is 21.0. The van der Waals surface area contributed by atoms with Crippen LogP contribution in [0, 0.1) is 0 Å². The molecule has 0 atom stereocenters. The first kappa shape index (κ1) is 16.7. The number of benzene rings is 1. The summed E-state index contributed by atoms with van der Waals surface area (Å²) >= 11 is 0. The minimum atomic E-state index is -0.419. The highest BCUT2D eigenvalue weighted by Gasteiger charge is 2.46. The van der Waals surface area contributed by atoms with E-state index in [1.165, 1.54) is 5.06 Å². The van der Waals surface area contributed by atoms with Gasteiger partial charge in [0.05, 0.1) is 24.8 Å². The maximum atomic E-state index is 12.3. The Morgan fingerprint density at radius 2 is 1.68 bits per heavy atom. The Morgan fingerprint density at radius 3 is 2.18 bits per heavy atom. The van der Waals surface area contributed by atoms with Gasteiger partial charge in [-0.05, 0) is 64.8 Å². The van der Waals surface area contributed by atoms with E-state index in [2.05, 4.69) is 16.0 Å². The van der Waals surface area contributed by atoms with Gasteiger partial charge in [-0.15, -0.1) is 10.3 Å². The fourth-order valence-corrected chi connectivity index (χ4v) is 3.13. The Kier molecular flexibility index (Phi) is 4.71. The van der Waals surface area contributed by atoms with Crippen molar-refractivity contribution in [2.24, 2.45) is 9.98 Å². The molecule has 119 valence electrons. The maximum absolute atomic E-state index is 12.3. The first-order valence-electron chi connectivity index (χ1n) is 7.52. The number of rotatable bonds is 3. The quantitative estimate of drug-likeness (QED) is 0.796. The first-order chi connectivity index (χ1) is 10.2. The van der Waals surface area contributed by atoms with E-state index >= 15 is 0 Å². The van der Waals surface area contributed by atoms with Crippen molar-refractivity contribution in [3.8, 4) is 5.75 Å². The van der Waals surface area contributed by atoms with E-state index in [-0.39, 0.29) is 6.04 Å². The zero-order valence-corrected chi connectivity index (χ0v) is 14.0. The van der Waals surface area contributed by atoms with Crippen molar-refractivity contribution in [3.63, 3.8) is 0 Å². The number of hydrogen-bond acceptors (Lipinski definition) is 4. The van der Waals surface area contributed by atoms with Crippen molar-refractivity contribution >= 4 is 11.7 Å². The molecule has 0 amide bonds. The van der Waals surface area contributed by atoms with Gasteiger partial charge < -0.3 is 4.74 Å². The third-order valence-electron chi connectivity index (χ3n) is 4.06. The summed E-state index contributed by atoms with van der Waals surface area (Å²) in [7, 11) is 1.63. The molecule has 0 aliphatic carbocycles. The summed E-state index contributed by atoms with van der Waals surface area (Å²) in [6, 6.07) is 10.3. The topological polar surface area (TPSA) is 57.1 Å². The molecule has 1 aromatic rings. The van der Waals surface area contributed by atoms with Gasteiger partial charge in [0.2, 0.25) is 0 Å². The summed E-state index contributed by atoms with van der Waals surface area (Å²) in [4.78, 5) is 8.66. The molecular formula is C17H24N3O2. The Hall–Kier alpha value is -1.68. The second kappa shape index (κ2) is 6.21. The lowest BCUT2D eigenvalue weighted by atomic mass is 9.79. The van der Waals surface area contributed by atoms with Crippen LogP contribution in [-0.2, 0) is 5.21 Å². The van der Waals surface area contributed by atoms with Crippen LogP contribution in [0.5, 0.6) is 5.75 Å². The van der Waals surface area contributed by atoms with Gasteiger partial charge in [0, 0.05) is 11.1 Å². The summed E-state index contributed by atoms with van der Waals surface area (Å²) in [6.45, 7) is 7.85. The molecule has 1 aliphatic rings. The van der Waals surface area contributed by atoms with Crippen molar-refractivity contribution in [1.82, 2.24) is 5.06 Å². The smallest absolute Gasteiger partial charge is 0.119 e. The number of nitrogens with zero attached hydrogens (tertiary/aromatic N) is 3. The highest BCUT2D eigenvalue weighted by atomic mass is 16.5. The molecular weight excluding hydrogens is 278 g/mol. The van der Waals surface area contributed by atoms with Gasteiger partial charge in [-0.2, -0.15) is 4.99 Å². The number of aliphatic imine (C=N–C) groups is 2. The maximum Gasteiger partial charge on any atom is 0.119 e. The molecule has 1 aromatic carbocycles. The SMILES string of the molecule is COc1ccc(N=C=NC2CC(C)(C)N([O])C(C)(C)C2)cc1. The average Bonchev–Trinajstić information content (AvgIpc) is 2.45. The third kappa shape index (κ3) is 3.74. The first-order valence-corrected chi connectivity index (χ1v) is 7.52. The minimum absolute atomic E-state index is 0.0669. The highest BCUT2D eigenvalue weighted by molar-refractivity contribution is 5.53. The molecule has 0 unspecified atom stereocenters. The van der Waals surface area contributed by atoms with Crippen LogP contribution in [0.15, 0.2) is 34.3 Å². The lowest BCUT2D eigenvalue weighted by molar-refractivity contribution is -0.288. The van der Waals surface area contributed by atoms with Crippen LogP contribution in [0.25, 0.3) is 0 Å². The van der Waals surface area contributed by atoms with E-state index in [0.29, 0.717) is 12.8 Å². The van der Waals surface area contributed by atoms with Crippen molar-refractivity contribution in [2.45, 2.75) is 57.7 Å². The van der Waals surface area contributed by atoms with Gasteiger partial charge in [0.1, 0.15) is 5.75 Å². The lowest BCUT2D eigenvalue weighted by Crippen LogP contribution is -2.59. The van der Waals surface area contributed by atoms with Crippen molar-refractivity contribution in [3.05, 3.63) is 24.3 Å². The van der Waals surface area contributed by atoms with Crippen LogP contribution < -0.4 is 4.74 Å². The number of methoxy groups -OCH3 is 1. The molecule has 2 rings (SSSR count). The Balaban J connectivity index is 2.10. The fraction of sp³-hybridized carbons (Fsp3) is 0.588. The zero-order valence-electron chi connectivity index (χ0n) is 14.0. The standard InChI is InChI=1S/C17H24N3O2/c1-16(2)10-14(11-17(3,4)20(16)21)19-12-18-13-6-8-15(22-5)9-7-13/h6-9,14H,10-11H2,1-5H3. The van der Waals surface area contributed by atoms with E-state index in [4.69, 9.17) is 4.74 Å². The summed E-state index contributed by atoms with van der Waals surface area (Å²) in [5.41, 5.74) is -0.0561. The molecule has 0 bridgehead atoms. The molecule has 22 heavy (non-hydrogen) atoms. The molecule has 1 radical (unpaired) electrons. The molecule has 5 nitrogen and oxygen atoms in total. The van der Waals surface area contributed by atoms with Gasteiger partial charge in [-0.25, -0.2) is 4.99 Å². The summed E-state index contributed by atoms with van der Waals surface area (Å²) in [5, 5.41) is 13.5. The summed E-state index contributed by atoms with van der Waals surface area (Å²) in [6.07, 6.45) is 1.43. The van der Waals surface area contributed by atoms with Gasteiger partial charge >= 0.3 is 0 Å². The van der Waals surface area contributed by atoms with E-state index in [1.54, 1.807) is 7.11 Å². The number of ether oxygens (including phenoxy) is 1. The molecule has 1 heterocycles. The van der Waals surface area contributed by atoms with E-state index < -0.39 is 11.1 Å². The molecule has 0 spiro atoms. The van der Waals surface area contributed by atoms with Crippen LogP contribution in [0.3, 0.4) is 0 Å². The zero-order chi connectivity index (χ0) is 16.4. The molecule has 1 fully saturated rings. The molecule has 0 N–H and O–H groups in total. The number of hydrogen-bond donors (Lipinski definition) is 0. The predicted octanol–water partition coefficient (Wildman–Crippen LogP) is 3.87. The second-order valence-electron chi connectivity index (χ2n) is 7.02. The van der Waals surface area contributed by atoms with Crippen molar-refractivity contribution in [2.75, 3.05) is 7.11 Å². The van der Waals surface area contributed by atoms with Gasteiger partial charge in [-0.1, -0.05) is 0 Å². The monoisotopic (exact) mass is 302 g/mol. The van der Waals surface area contributed by atoms with E-state index in [9.17, 15) is 5.21 Å². The molecule has 0 aromatic heterocycles. The highest BCUT2D eigenvalue weighted by Crippen LogP contribution is 2.38. The Morgan fingerprint density at radius 1 is 1.14 bits per heavy atom. The largest absolute Gasteiger partial charge is 0.497 e. The van der Waals surface area contributed by atoms with Gasteiger partial charge in [0.15, 0.2) is 0 Å². The Bertz CT molecular complexity index is 554. The third-order valence-corrected chi connectivity index (χ3v) is 4.06.